The maximum atomic E-state index is 12.0. The number of carboxylic acids is 1. The third kappa shape index (κ3) is 5.15. The molecule has 1 atom stereocenters. The molecular weight excluding hydrogens is 316 g/mol. The van der Waals surface area contributed by atoms with E-state index < -0.39 is 12.1 Å². The molecule has 0 bridgehead atoms. The second-order valence-corrected chi connectivity index (χ2v) is 6.20. The van der Waals surface area contributed by atoms with Gasteiger partial charge in [-0.2, -0.15) is 0 Å². The second kappa shape index (κ2) is 7.85. The van der Waals surface area contributed by atoms with Crippen molar-refractivity contribution in [2.45, 2.75) is 33.1 Å². The summed E-state index contributed by atoms with van der Waals surface area (Å²) in [7, 11) is 0. The largest absolute Gasteiger partial charge is 0.477 e. The molecule has 0 aliphatic carbocycles. The van der Waals surface area contributed by atoms with Gasteiger partial charge in [-0.15, -0.1) is 11.3 Å². The molecule has 1 aromatic heterocycles. The number of amides is 1. The van der Waals surface area contributed by atoms with E-state index in [0.717, 1.165) is 22.5 Å². The number of carbonyl (C=O) groups is 2. The molecule has 0 spiro atoms. The molecule has 1 heterocycles. The monoisotopic (exact) mass is 334 g/mol. The van der Waals surface area contributed by atoms with Crippen LogP contribution in [0.15, 0.2) is 30.5 Å². The number of aromatic nitrogens is 1. The van der Waals surface area contributed by atoms with E-state index in [1.807, 2.05) is 31.2 Å². The minimum atomic E-state index is -1.02. The maximum absolute atomic E-state index is 12.0. The van der Waals surface area contributed by atoms with Crippen molar-refractivity contribution in [3.05, 3.63) is 51.5 Å². The van der Waals surface area contributed by atoms with Crippen LogP contribution in [0.1, 0.15) is 32.7 Å². The first-order valence-electron chi connectivity index (χ1n) is 7.08. The number of nitrogens with one attached hydrogen (secondary N) is 1. The zero-order valence-corrected chi connectivity index (χ0v) is 13.7. The summed E-state index contributed by atoms with van der Waals surface area (Å²) in [5, 5.41) is 12.1. The highest BCUT2D eigenvalue weighted by molar-refractivity contribution is 7.13. The molecule has 1 aromatic carbocycles. The minimum absolute atomic E-state index is 0.151. The summed E-state index contributed by atoms with van der Waals surface area (Å²) in [6.07, 6.45) is 0.681. The van der Waals surface area contributed by atoms with Crippen molar-refractivity contribution in [1.29, 1.82) is 0 Å². The third-order valence-electron chi connectivity index (χ3n) is 3.13. The number of carboxylic acid groups (broad SMARTS) is 1. The van der Waals surface area contributed by atoms with E-state index >= 15 is 0 Å². The number of carbonyl (C=O) groups excluding carboxylic acids is 1. The van der Waals surface area contributed by atoms with Gasteiger partial charge in [0.2, 0.25) is 5.91 Å². The van der Waals surface area contributed by atoms with Crippen LogP contribution in [0, 0.1) is 6.92 Å². The fourth-order valence-electron chi connectivity index (χ4n) is 1.90. The van der Waals surface area contributed by atoms with Gasteiger partial charge < -0.3 is 15.2 Å². The van der Waals surface area contributed by atoms with Crippen LogP contribution in [0.3, 0.4) is 0 Å². The van der Waals surface area contributed by atoms with Crippen molar-refractivity contribution >= 4 is 23.2 Å². The van der Waals surface area contributed by atoms with E-state index in [1.165, 1.54) is 6.20 Å². The predicted octanol–water partition coefficient (Wildman–Crippen LogP) is 2.37. The summed E-state index contributed by atoms with van der Waals surface area (Å²) in [6, 6.07) is 7.90. The van der Waals surface area contributed by atoms with E-state index in [1.54, 1.807) is 6.92 Å². The molecule has 0 aliphatic heterocycles. The molecular formula is C16H18N2O4S. The van der Waals surface area contributed by atoms with E-state index in [0.29, 0.717) is 11.6 Å². The van der Waals surface area contributed by atoms with Crippen LogP contribution in [-0.2, 0) is 22.7 Å². The van der Waals surface area contributed by atoms with Gasteiger partial charge in [-0.05, 0) is 19.4 Å². The van der Waals surface area contributed by atoms with Crippen LogP contribution >= 0.6 is 11.3 Å². The number of rotatable bonds is 7. The van der Waals surface area contributed by atoms with Crippen LogP contribution in [0.2, 0.25) is 0 Å². The highest BCUT2D eigenvalue weighted by atomic mass is 32.1. The van der Waals surface area contributed by atoms with Crippen LogP contribution < -0.4 is 5.32 Å². The lowest BCUT2D eigenvalue weighted by Crippen LogP contribution is -2.33. The molecule has 0 saturated heterocycles. The molecule has 122 valence electrons. The Morgan fingerprint density at radius 3 is 2.87 bits per heavy atom. The molecule has 7 heteroatoms. The maximum Gasteiger partial charge on any atom is 0.347 e. The zero-order chi connectivity index (χ0) is 16.8. The SMILES string of the molecule is Cc1cccc(COC(C)C(=O)NCc2ncc(C(=O)O)s2)c1. The fraction of sp³-hybridized carbons (Fsp3) is 0.312. The van der Waals surface area contributed by atoms with E-state index in [9.17, 15) is 9.59 Å². The van der Waals surface area contributed by atoms with Crippen molar-refractivity contribution in [2.75, 3.05) is 0 Å². The molecule has 0 fully saturated rings. The lowest BCUT2D eigenvalue weighted by Gasteiger charge is -2.13. The van der Waals surface area contributed by atoms with Crippen LogP contribution in [0.5, 0.6) is 0 Å². The first-order valence-corrected chi connectivity index (χ1v) is 7.90. The fourth-order valence-corrected chi connectivity index (χ4v) is 2.59. The standard InChI is InChI=1S/C16H18N2O4S/c1-10-4-3-5-12(6-10)9-22-11(2)15(19)18-8-14-17-7-13(23-14)16(20)21/h3-7,11H,8-9H2,1-2H3,(H,18,19)(H,20,21). The highest BCUT2D eigenvalue weighted by Gasteiger charge is 2.15. The van der Waals surface area contributed by atoms with E-state index in [4.69, 9.17) is 9.84 Å². The first-order chi connectivity index (χ1) is 11.0. The van der Waals surface area contributed by atoms with Gasteiger partial charge in [0.15, 0.2) is 0 Å². The molecule has 0 radical (unpaired) electrons. The molecule has 2 rings (SSSR count). The van der Waals surface area contributed by atoms with Crippen LogP contribution in [0.4, 0.5) is 0 Å². The minimum Gasteiger partial charge on any atom is -0.477 e. The molecule has 6 nitrogen and oxygen atoms in total. The molecule has 2 N–H and O–H groups in total. The number of hydrogen-bond donors (Lipinski definition) is 2. The molecule has 1 unspecified atom stereocenters. The Bertz CT molecular complexity index is 699. The normalized spacial score (nSPS) is 11.9. The van der Waals surface area contributed by atoms with Gasteiger partial charge in [-0.3, -0.25) is 4.79 Å². The van der Waals surface area contributed by atoms with E-state index in [2.05, 4.69) is 10.3 Å². The highest BCUT2D eigenvalue weighted by Crippen LogP contribution is 2.12. The number of ether oxygens (including phenoxy) is 1. The Balaban J connectivity index is 1.79. The predicted molar refractivity (Wildman–Crippen MR) is 86.4 cm³/mol. The number of aromatic carboxylic acids is 1. The molecule has 1 amide bonds. The molecule has 2 aromatic rings. The van der Waals surface area contributed by atoms with Gasteiger partial charge in [-0.1, -0.05) is 29.8 Å². The van der Waals surface area contributed by atoms with Gasteiger partial charge >= 0.3 is 5.97 Å². The molecule has 0 aliphatic rings. The summed E-state index contributed by atoms with van der Waals surface area (Å²) in [6.45, 7) is 4.22. The Labute approximate surface area is 138 Å². The zero-order valence-electron chi connectivity index (χ0n) is 12.9. The Kier molecular flexibility index (Phi) is 5.84. The average Bonchev–Trinajstić information content (AvgIpc) is 2.99. The van der Waals surface area contributed by atoms with Gasteiger partial charge in [0, 0.05) is 0 Å². The van der Waals surface area contributed by atoms with Crippen molar-refractivity contribution in [3.8, 4) is 0 Å². The van der Waals surface area contributed by atoms with Crippen LogP contribution in [0.25, 0.3) is 0 Å². The quantitative estimate of drug-likeness (QED) is 0.811. The molecule has 0 saturated carbocycles. The van der Waals surface area contributed by atoms with Crippen molar-refractivity contribution in [2.24, 2.45) is 0 Å². The summed E-state index contributed by atoms with van der Waals surface area (Å²) >= 11 is 1.04. The van der Waals surface area contributed by atoms with Gasteiger partial charge in [0.05, 0.1) is 19.3 Å². The summed E-state index contributed by atoms with van der Waals surface area (Å²) < 4.78 is 5.55. The lowest BCUT2D eigenvalue weighted by molar-refractivity contribution is -0.132. The van der Waals surface area contributed by atoms with Crippen molar-refractivity contribution in [1.82, 2.24) is 10.3 Å². The second-order valence-electron chi connectivity index (χ2n) is 5.08. The summed E-state index contributed by atoms with van der Waals surface area (Å²) in [4.78, 5) is 26.8. The summed E-state index contributed by atoms with van der Waals surface area (Å²) in [5.41, 5.74) is 2.15. The number of hydrogen-bond acceptors (Lipinski definition) is 5. The number of benzene rings is 1. The third-order valence-corrected chi connectivity index (χ3v) is 4.12. The van der Waals surface area contributed by atoms with Crippen LogP contribution in [-0.4, -0.2) is 28.1 Å². The Morgan fingerprint density at radius 1 is 1.43 bits per heavy atom. The van der Waals surface area contributed by atoms with E-state index in [-0.39, 0.29) is 17.3 Å². The van der Waals surface area contributed by atoms with Crippen molar-refractivity contribution in [3.63, 3.8) is 0 Å². The Morgan fingerprint density at radius 2 is 2.22 bits per heavy atom. The van der Waals surface area contributed by atoms with Gasteiger partial charge in [-0.25, -0.2) is 9.78 Å². The lowest BCUT2D eigenvalue weighted by atomic mass is 10.1. The first kappa shape index (κ1) is 17.1. The Hall–Kier alpha value is -2.25. The average molecular weight is 334 g/mol. The summed E-state index contributed by atoms with van der Waals surface area (Å²) in [5.74, 6) is -1.28. The van der Waals surface area contributed by atoms with Crippen molar-refractivity contribution < 1.29 is 19.4 Å². The number of aryl methyl sites for hydroxylation is 1. The topological polar surface area (TPSA) is 88.5 Å². The number of nitrogens with zero attached hydrogens (tertiary/aromatic N) is 1. The molecule has 23 heavy (non-hydrogen) atoms. The van der Waals surface area contributed by atoms with Gasteiger partial charge in [0.25, 0.3) is 0 Å². The number of thiazole rings is 1. The smallest absolute Gasteiger partial charge is 0.347 e. The van der Waals surface area contributed by atoms with Gasteiger partial charge in [0.1, 0.15) is 16.0 Å².